The number of fused-ring (bicyclic) bond motifs is 1. The molecule has 2 rings (SSSR count). The third-order valence-corrected chi connectivity index (χ3v) is 2.43. The SMILES string of the molecule is CC(O)Cc1cccc2c(Cl)[nH]nc12. The number of halogens is 1. The number of aliphatic hydroxyl groups excluding tert-OH is 1. The summed E-state index contributed by atoms with van der Waals surface area (Å²) in [5, 5.41) is 17.6. The Morgan fingerprint density at radius 3 is 3.07 bits per heavy atom. The molecule has 1 unspecified atom stereocenters. The molecule has 4 heteroatoms. The molecule has 0 bridgehead atoms. The second-order valence-corrected chi connectivity index (χ2v) is 3.78. The first-order chi connectivity index (χ1) is 6.68. The van der Waals surface area contributed by atoms with Gasteiger partial charge in [-0.25, -0.2) is 0 Å². The van der Waals surface area contributed by atoms with Crippen molar-refractivity contribution in [1.29, 1.82) is 0 Å². The van der Waals surface area contributed by atoms with Gasteiger partial charge in [-0.1, -0.05) is 23.7 Å². The topological polar surface area (TPSA) is 48.9 Å². The molecule has 1 aromatic carbocycles. The summed E-state index contributed by atoms with van der Waals surface area (Å²) in [7, 11) is 0. The summed E-state index contributed by atoms with van der Waals surface area (Å²) in [6, 6.07) is 5.78. The van der Waals surface area contributed by atoms with Crippen molar-refractivity contribution < 1.29 is 5.11 Å². The van der Waals surface area contributed by atoms with Gasteiger partial charge < -0.3 is 5.11 Å². The first-order valence-corrected chi connectivity index (χ1v) is 4.86. The minimum Gasteiger partial charge on any atom is -0.393 e. The van der Waals surface area contributed by atoms with Crippen LogP contribution in [0, 0.1) is 0 Å². The summed E-state index contributed by atoms with van der Waals surface area (Å²) in [5.41, 5.74) is 1.86. The predicted octanol–water partition coefficient (Wildman–Crippen LogP) is 2.14. The van der Waals surface area contributed by atoms with Gasteiger partial charge >= 0.3 is 0 Å². The van der Waals surface area contributed by atoms with Crippen LogP contribution in [0.1, 0.15) is 12.5 Å². The number of para-hydroxylation sites is 1. The number of benzene rings is 1. The number of nitrogens with zero attached hydrogens (tertiary/aromatic N) is 1. The van der Waals surface area contributed by atoms with E-state index < -0.39 is 0 Å². The summed E-state index contributed by atoms with van der Waals surface area (Å²) >= 11 is 5.90. The molecule has 74 valence electrons. The fourth-order valence-electron chi connectivity index (χ4n) is 1.55. The molecule has 0 spiro atoms. The first-order valence-electron chi connectivity index (χ1n) is 4.48. The molecule has 14 heavy (non-hydrogen) atoms. The fourth-order valence-corrected chi connectivity index (χ4v) is 1.74. The van der Waals surface area contributed by atoms with Crippen LogP contribution in [0.5, 0.6) is 0 Å². The third kappa shape index (κ3) is 1.61. The van der Waals surface area contributed by atoms with Gasteiger partial charge in [0.1, 0.15) is 5.15 Å². The highest BCUT2D eigenvalue weighted by molar-refractivity contribution is 6.34. The average molecular weight is 211 g/mol. The molecular formula is C10H11ClN2O. The summed E-state index contributed by atoms with van der Waals surface area (Å²) < 4.78 is 0. The lowest BCUT2D eigenvalue weighted by Gasteiger charge is -2.04. The minimum atomic E-state index is -0.365. The summed E-state index contributed by atoms with van der Waals surface area (Å²) in [6.45, 7) is 1.76. The molecule has 2 N–H and O–H groups in total. The third-order valence-electron chi connectivity index (χ3n) is 2.14. The highest BCUT2D eigenvalue weighted by atomic mass is 35.5. The molecule has 0 amide bonds. The lowest BCUT2D eigenvalue weighted by molar-refractivity contribution is 0.196. The first kappa shape index (κ1) is 9.49. The number of aromatic nitrogens is 2. The van der Waals surface area contributed by atoms with Crippen LogP contribution >= 0.6 is 11.6 Å². The highest BCUT2D eigenvalue weighted by Gasteiger charge is 2.08. The normalized spacial score (nSPS) is 13.4. The molecule has 1 aromatic heterocycles. The molecule has 1 atom stereocenters. The molecule has 1 heterocycles. The molecule has 2 aromatic rings. The summed E-state index contributed by atoms with van der Waals surface area (Å²) in [5.74, 6) is 0. The molecule has 0 radical (unpaired) electrons. The van der Waals surface area contributed by atoms with Gasteiger partial charge in [-0.15, -0.1) is 0 Å². The standard InChI is InChI=1S/C10H11ClN2O/c1-6(14)5-7-3-2-4-8-9(7)12-13-10(8)11/h2-4,6,14H,5H2,1H3,(H,12,13). The maximum Gasteiger partial charge on any atom is 0.132 e. The van der Waals surface area contributed by atoms with Crippen molar-refractivity contribution in [1.82, 2.24) is 10.2 Å². The number of hydrogen-bond acceptors (Lipinski definition) is 2. The van der Waals surface area contributed by atoms with Gasteiger partial charge in [-0.2, -0.15) is 5.10 Å². The lowest BCUT2D eigenvalue weighted by Crippen LogP contribution is -2.04. The Morgan fingerprint density at radius 2 is 2.36 bits per heavy atom. The van der Waals surface area contributed by atoms with Crippen LogP contribution < -0.4 is 0 Å². The molecule has 0 aliphatic carbocycles. The van der Waals surface area contributed by atoms with Crippen LogP contribution in [0.25, 0.3) is 10.9 Å². The van der Waals surface area contributed by atoms with Gasteiger partial charge in [0.15, 0.2) is 0 Å². The van der Waals surface area contributed by atoms with Gasteiger partial charge in [0.05, 0.1) is 11.6 Å². The van der Waals surface area contributed by atoms with Crippen molar-refractivity contribution in [2.24, 2.45) is 0 Å². The number of aromatic amines is 1. The monoisotopic (exact) mass is 210 g/mol. The van der Waals surface area contributed by atoms with E-state index in [0.29, 0.717) is 11.6 Å². The van der Waals surface area contributed by atoms with Crippen LogP contribution in [0.4, 0.5) is 0 Å². The van der Waals surface area contributed by atoms with E-state index in [-0.39, 0.29) is 6.10 Å². The van der Waals surface area contributed by atoms with Gasteiger partial charge in [0, 0.05) is 11.8 Å². The van der Waals surface area contributed by atoms with E-state index in [1.807, 2.05) is 18.2 Å². The van der Waals surface area contributed by atoms with Crippen molar-refractivity contribution in [3.63, 3.8) is 0 Å². The van der Waals surface area contributed by atoms with Crippen LogP contribution in [-0.4, -0.2) is 21.4 Å². The Bertz CT molecular complexity index is 450. The summed E-state index contributed by atoms with van der Waals surface area (Å²) in [6.07, 6.45) is 0.231. The Kier molecular flexibility index (Phi) is 2.44. The van der Waals surface area contributed by atoms with Crippen molar-refractivity contribution >= 4 is 22.5 Å². The second kappa shape index (κ2) is 3.59. The number of rotatable bonds is 2. The Hall–Kier alpha value is -1.06. The molecule has 0 aliphatic rings. The van der Waals surface area contributed by atoms with Gasteiger partial charge in [0.25, 0.3) is 0 Å². The number of aliphatic hydroxyl groups is 1. The second-order valence-electron chi connectivity index (χ2n) is 3.40. The van der Waals surface area contributed by atoms with E-state index in [1.54, 1.807) is 6.92 Å². The molecule has 0 saturated heterocycles. The highest BCUT2D eigenvalue weighted by Crippen LogP contribution is 2.23. The van der Waals surface area contributed by atoms with E-state index >= 15 is 0 Å². The smallest absolute Gasteiger partial charge is 0.132 e. The van der Waals surface area contributed by atoms with E-state index in [0.717, 1.165) is 16.5 Å². The van der Waals surface area contributed by atoms with Crippen molar-refractivity contribution in [3.05, 3.63) is 28.9 Å². The van der Waals surface area contributed by atoms with Crippen molar-refractivity contribution in [2.45, 2.75) is 19.4 Å². The Morgan fingerprint density at radius 1 is 1.57 bits per heavy atom. The number of nitrogens with one attached hydrogen (secondary N) is 1. The Labute approximate surface area is 86.7 Å². The molecule has 3 nitrogen and oxygen atoms in total. The van der Waals surface area contributed by atoms with E-state index in [9.17, 15) is 5.11 Å². The predicted molar refractivity (Wildman–Crippen MR) is 56.5 cm³/mol. The van der Waals surface area contributed by atoms with Crippen LogP contribution in [0.2, 0.25) is 5.15 Å². The van der Waals surface area contributed by atoms with E-state index in [2.05, 4.69) is 10.2 Å². The molecule has 0 saturated carbocycles. The van der Waals surface area contributed by atoms with Gasteiger partial charge in [0.2, 0.25) is 0 Å². The molecule has 0 aliphatic heterocycles. The van der Waals surface area contributed by atoms with Crippen LogP contribution in [0.3, 0.4) is 0 Å². The Balaban J connectivity index is 2.54. The quantitative estimate of drug-likeness (QED) is 0.798. The maximum absolute atomic E-state index is 9.30. The fraction of sp³-hybridized carbons (Fsp3) is 0.300. The average Bonchev–Trinajstić information content (AvgIpc) is 2.49. The largest absolute Gasteiger partial charge is 0.393 e. The summed E-state index contributed by atoms with van der Waals surface area (Å²) in [4.78, 5) is 0. The lowest BCUT2D eigenvalue weighted by atomic mass is 10.1. The van der Waals surface area contributed by atoms with Crippen molar-refractivity contribution in [3.8, 4) is 0 Å². The number of H-pyrrole nitrogens is 1. The minimum absolute atomic E-state index is 0.365. The zero-order valence-corrected chi connectivity index (χ0v) is 8.54. The van der Waals surface area contributed by atoms with E-state index in [1.165, 1.54) is 0 Å². The van der Waals surface area contributed by atoms with Gasteiger partial charge in [-0.3, -0.25) is 5.10 Å². The molecule has 0 fully saturated rings. The number of hydrogen-bond donors (Lipinski definition) is 2. The van der Waals surface area contributed by atoms with Crippen molar-refractivity contribution in [2.75, 3.05) is 0 Å². The van der Waals surface area contributed by atoms with Crippen LogP contribution in [-0.2, 0) is 6.42 Å². The maximum atomic E-state index is 9.30. The van der Waals surface area contributed by atoms with Gasteiger partial charge in [-0.05, 0) is 18.6 Å². The van der Waals surface area contributed by atoms with E-state index in [4.69, 9.17) is 11.6 Å². The zero-order chi connectivity index (χ0) is 10.1. The van der Waals surface area contributed by atoms with Crippen LogP contribution in [0.15, 0.2) is 18.2 Å². The molecular weight excluding hydrogens is 200 g/mol. The zero-order valence-electron chi connectivity index (χ0n) is 7.79.